The topological polar surface area (TPSA) is 134 Å². The van der Waals surface area contributed by atoms with Crippen LogP contribution in [0.4, 0.5) is 0 Å². The number of thiazole rings is 1. The predicted molar refractivity (Wildman–Crippen MR) is 117 cm³/mol. The van der Waals surface area contributed by atoms with Gasteiger partial charge in [0.2, 0.25) is 23.6 Å². The first-order valence-electron chi connectivity index (χ1n) is 9.77. The van der Waals surface area contributed by atoms with Crippen LogP contribution in [0, 0.1) is 11.3 Å². The van der Waals surface area contributed by atoms with Crippen molar-refractivity contribution in [1.82, 2.24) is 25.8 Å². The molecule has 0 bridgehead atoms. The molecule has 0 aliphatic heterocycles. The Balaban J connectivity index is 1.36. The Kier molecular flexibility index (Phi) is 6.48. The van der Waals surface area contributed by atoms with Crippen molar-refractivity contribution in [3.8, 4) is 17.2 Å². The summed E-state index contributed by atoms with van der Waals surface area (Å²) >= 11 is 1.56. The lowest BCUT2D eigenvalue weighted by Crippen LogP contribution is -2.37. The highest BCUT2D eigenvalue weighted by molar-refractivity contribution is 7.18. The Morgan fingerprint density at radius 1 is 1.00 bits per heavy atom. The monoisotopic (exact) mass is 446 g/mol. The summed E-state index contributed by atoms with van der Waals surface area (Å²) in [5.74, 6) is -0.359. The molecule has 10 heteroatoms. The van der Waals surface area contributed by atoms with Crippen LogP contribution in [0.2, 0.25) is 0 Å². The molecule has 160 valence electrons. The van der Waals surface area contributed by atoms with E-state index >= 15 is 0 Å². The van der Waals surface area contributed by atoms with Crippen molar-refractivity contribution in [3.05, 3.63) is 65.3 Å². The average Bonchev–Trinajstić information content (AvgIpc) is 3.42. The number of hydrogen-bond donors (Lipinski definition) is 2. The zero-order chi connectivity index (χ0) is 22.3. The maximum Gasteiger partial charge on any atom is 0.240 e. The van der Waals surface area contributed by atoms with E-state index in [1.807, 2.05) is 30.3 Å². The second-order valence-electron chi connectivity index (χ2n) is 6.81. The number of nitrogens with one attached hydrogen (secondary N) is 2. The Hall–Kier alpha value is -4.10. The smallest absolute Gasteiger partial charge is 0.240 e. The fourth-order valence-electron chi connectivity index (χ4n) is 3.00. The molecular weight excluding hydrogens is 428 g/mol. The minimum Gasteiger partial charge on any atom is -0.424 e. The number of rotatable bonds is 8. The molecule has 0 spiro atoms. The first-order valence-corrected chi connectivity index (χ1v) is 10.6. The molecular formula is C22H18N6O3S. The third kappa shape index (κ3) is 5.33. The number of carbonyl (C=O) groups is 2. The molecule has 0 unspecified atom stereocenters. The van der Waals surface area contributed by atoms with Gasteiger partial charge < -0.3 is 15.1 Å². The van der Waals surface area contributed by atoms with Gasteiger partial charge in [0.25, 0.3) is 0 Å². The van der Waals surface area contributed by atoms with Crippen molar-refractivity contribution in [2.45, 2.75) is 12.8 Å². The molecule has 2 amide bonds. The summed E-state index contributed by atoms with van der Waals surface area (Å²) in [6.07, 6.45) is 0.226. The van der Waals surface area contributed by atoms with Crippen molar-refractivity contribution in [3.63, 3.8) is 0 Å². The van der Waals surface area contributed by atoms with Gasteiger partial charge in [0.15, 0.2) is 0 Å². The number of nitrogens with zero attached hydrogens (tertiary/aromatic N) is 4. The maximum absolute atomic E-state index is 11.9. The van der Waals surface area contributed by atoms with Gasteiger partial charge in [0.1, 0.15) is 18.0 Å². The molecule has 0 fully saturated rings. The summed E-state index contributed by atoms with van der Waals surface area (Å²) in [5.41, 5.74) is 3.17. The fourth-order valence-corrected chi connectivity index (χ4v) is 4.00. The SMILES string of the molecule is N#CCNC(=O)CNC(=O)Cc1nnc(Cc2nc3ccc(-c4ccccc4)cc3s2)o1. The number of carbonyl (C=O) groups excluding carboxylic acids is 2. The van der Waals surface area contributed by atoms with Gasteiger partial charge in [-0.05, 0) is 23.3 Å². The summed E-state index contributed by atoms with van der Waals surface area (Å²) in [4.78, 5) is 28.0. The lowest BCUT2D eigenvalue weighted by atomic mass is 10.1. The molecule has 32 heavy (non-hydrogen) atoms. The zero-order valence-corrected chi connectivity index (χ0v) is 17.7. The standard InChI is InChI=1S/C22H18N6O3S/c23-8-9-24-19(30)13-25-18(29)11-20-27-28-21(31-20)12-22-26-16-7-6-15(10-17(16)32-22)14-4-2-1-3-5-14/h1-7,10H,9,11-13H2,(H,24,30)(H,25,29). The molecule has 2 N–H and O–H groups in total. The van der Waals surface area contributed by atoms with Crippen molar-refractivity contribution in [2.75, 3.05) is 13.1 Å². The molecule has 0 atom stereocenters. The van der Waals surface area contributed by atoms with Gasteiger partial charge in [-0.15, -0.1) is 21.5 Å². The third-order valence-corrected chi connectivity index (χ3v) is 5.49. The van der Waals surface area contributed by atoms with Crippen LogP contribution in [-0.2, 0) is 22.4 Å². The lowest BCUT2D eigenvalue weighted by molar-refractivity contribution is -0.125. The summed E-state index contributed by atoms with van der Waals surface area (Å²) < 4.78 is 6.62. The van der Waals surface area contributed by atoms with Crippen LogP contribution in [0.5, 0.6) is 0 Å². The van der Waals surface area contributed by atoms with E-state index in [2.05, 4.69) is 44.0 Å². The molecule has 0 aliphatic carbocycles. The minimum absolute atomic E-state index is 0.110. The van der Waals surface area contributed by atoms with Gasteiger partial charge in [-0.25, -0.2) is 4.98 Å². The number of fused-ring (bicyclic) bond motifs is 1. The van der Waals surface area contributed by atoms with Crippen molar-refractivity contribution in [2.24, 2.45) is 0 Å². The van der Waals surface area contributed by atoms with Gasteiger partial charge >= 0.3 is 0 Å². The van der Waals surface area contributed by atoms with E-state index in [1.54, 1.807) is 17.4 Å². The molecule has 2 heterocycles. The highest BCUT2D eigenvalue weighted by Crippen LogP contribution is 2.29. The van der Waals surface area contributed by atoms with Crippen LogP contribution in [-0.4, -0.2) is 40.1 Å². The number of amides is 2. The van der Waals surface area contributed by atoms with Gasteiger partial charge in [0, 0.05) is 0 Å². The zero-order valence-electron chi connectivity index (χ0n) is 16.9. The van der Waals surface area contributed by atoms with Crippen molar-refractivity contribution >= 4 is 33.4 Å². The predicted octanol–water partition coefficient (Wildman–Crippen LogP) is 2.24. The summed E-state index contributed by atoms with van der Waals surface area (Å²) in [6.45, 7) is -0.334. The Morgan fingerprint density at radius 2 is 1.81 bits per heavy atom. The van der Waals surface area contributed by atoms with E-state index < -0.39 is 11.8 Å². The fraction of sp³-hybridized carbons (Fsp3) is 0.182. The first kappa shape index (κ1) is 21.1. The van der Waals surface area contributed by atoms with Crippen LogP contribution >= 0.6 is 11.3 Å². The molecule has 0 saturated carbocycles. The minimum atomic E-state index is -0.447. The van der Waals surface area contributed by atoms with Crippen LogP contribution in [0.3, 0.4) is 0 Å². The van der Waals surface area contributed by atoms with Crippen LogP contribution in [0.25, 0.3) is 21.3 Å². The number of nitriles is 1. The first-order chi connectivity index (χ1) is 15.6. The summed E-state index contributed by atoms with van der Waals surface area (Å²) in [6, 6.07) is 18.1. The molecule has 0 aliphatic rings. The van der Waals surface area contributed by atoms with Crippen molar-refractivity contribution < 1.29 is 14.0 Å². The quantitative estimate of drug-likeness (QED) is 0.396. The molecule has 9 nitrogen and oxygen atoms in total. The molecule has 0 radical (unpaired) electrons. The highest BCUT2D eigenvalue weighted by Gasteiger charge is 2.14. The van der Waals surface area contributed by atoms with E-state index in [0.29, 0.717) is 12.3 Å². The van der Waals surface area contributed by atoms with E-state index in [0.717, 1.165) is 26.4 Å². The Bertz CT molecular complexity index is 1290. The lowest BCUT2D eigenvalue weighted by Gasteiger charge is -2.02. The molecule has 4 rings (SSSR count). The van der Waals surface area contributed by atoms with Crippen molar-refractivity contribution in [1.29, 1.82) is 5.26 Å². The van der Waals surface area contributed by atoms with Crippen LogP contribution < -0.4 is 10.6 Å². The largest absolute Gasteiger partial charge is 0.424 e. The second-order valence-corrected chi connectivity index (χ2v) is 7.93. The highest BCUT2D eigenvalue weighted by atomic mass is 32.1. The summed E-state index contributed by atoms with van der Waals surface area (Å²) in [5, 5.41) is 21.9. The van der Waals surface area contributed by atoms with E-state index in [1.165, 1.54) is 0 Å². The second kappa shape index (κ2) is 9.80. The Morgan fingerprint density at radius 3 is 2.62 bits per heavy atom. The van der Waals surface area contributed by atoms with E-state index in [4.69, 9.17) is 9.68 Å². The normalized spacial score (nSPS) is 10.6. The van der Waals surface area contributed by atoms with Crippen LogP contribution in [0.15, 0.2) is 52.9 Å². The van der Waals surface area contributed by atoms with Gasteiger partial charge in [0.05, 0.1) is 29.3 Å². The summed E-state index contributed by atoms with van der Waals surface area (Å²) in [7, 11) is 0. The van der Waals surface area contributed by atoms with E-state index in [9.17, 15) is 9.59 Å². The molecule has 2 aromatic carbocycles. The molecule has 4 aromatic rings. The number of benzene rings is 2. The van der Waals surface area contributed by atoms with Gasteiger partial charge in [-0.2, -0.15) is 5.26 Å². The number of hydrogen-bond acceptors (Lipinski definition) is 8. The Labute approximate surface area is 187 Å². The van der Waals surface area contributed by atoms with Crippen LogP contribution in [0.1, 0.15) is 16.8 Å². The molecule has 2 aromatic heterocycles. The number of aromatic nitrogens is 3. The maximum atomic E-state index is 11.9. The average molecular weight is 446 g/mol. The third-order valence-electron chi connectivity index (χ3n) is 4.47. The van der Waals surface area contributed by atoms with E-state index in [-0.39, 0.29) is 25.4 Å². The van der Waals surface area contributed by atoms with Gasteiger partial charge in [-0.3, -0.25) is 9.59 Å². The van der Waals surface area contributed by atoms with Gasteiger partial charge in [-0.1, -0.05) is 36.4 Å². The molecule has 0 saturated heterocycles.